The summed E-state index contributed by atoms with van der Waals surface area (Å²) in [5, 5.41) is 3.65. The first-order valence-electron chi connectivity index (χ1n) is 9.40. The molecule has 6 nitrogen and oxygen atoms in total. The summed E-state index contributed by atoms with van der Waals surface area (Å²) in [6.45, 7) is 6.57. The van der Waals surface area contributed by atoms with E-state index in [0.717, 1.165) is 5.69 Å². The van der Waals surface area contributed by atoms with Gasteiger partial charge in [0.15, 0.2) is 5.65 Å². The van der Waals surface area contributed by atoms with Crippen LogP contribution in [0.2, 0.25) is 0 Å². The summed E-state index contributed by atoms with van der Waals surface area (Å²) < 4.78 is 41.7. The molecule has 1 N–H and O–H groups in total. The molecule has 0 atom stereocenters. The van der Waals surface area contributed by atoms with Crippen LogP contribution in [0.1, 0.15) is 29.9 Å². The zero-order valence-electron chi connectivity index (χ0n) is 17.2. The van der Waals surface area contributed by atoms with E-state index in [4.69, 9.17) is 0 Å². The summed E-state index contributed by atoms with van der Waals surface area (Å²) in [7, 11) is 0. The number of aromatic nitrogens is 2. The minimum absolute atomic E-state index is 0. The fourth-order valence-corrected chi connectivity index (χ4v) is 3.07. The SMILES string of the molecule is CCN(CC)C(=O)c1cnc2nc(C)ccc2c1Nc1cccc(OC(F)(F)F)c1.Cl. The predicted octanol–water partition coefficient (Wildman–Crippen LogP) is 5.48. The van der Waals surface area contributed by atoms with Crippen LogP contribution in [0.4, 0.5) is 24.5 Å². The van der Waals surface area contributed by atoms with E-state index in [9.17, 15) is 18.0 Å². The van der Waals surface area contributed by atoms with E-state index in [1.165, 1.54) is 24.4 Å². The van der Waals surface area contributed by atoms with E-state index in [-0.39, 0.29) is 24.1 Å². The summed E-state index contributed by atoms with van der Waals surface area (Å²) >= 11 is 0. The van der Waals surface area contributed by atoms with Crippen LogP contribution in [0.5, 0.6) is 5.75 Å². The molecule has 0 saturated carbocycles. The maximum atomic E-state index is 13.0. The van der Waals surface area contributed by atoms with Crippen molar-refractivity contribution in [2.45, 2.75) is 27.1 Å². The third-order valence-electron chi connectivity index (χ3n) is 4.49. The number of amides is 1. The molecule has 31 heavy (non-hydrogen) atoms. The number of alkyl halides is 3. The van der Waals surface area contributed by atoms with E-state index >= 15 is 0 Å². The molecule has 0 spiro atoms. The van der Waals surface area contributed by atoms with Gasteiger partial charge in [-0.2, -0.15) is 0 Å². The lowest BCUT2D eigenvalue weighted by atomic mass is 10.1. The lowest BCUT2D eigenvalue weighted by Crippen LogP contribution is -2.31. The molecular weight excluding hydrogens is 433 g/mol. The maximum Gasteiger partial charge on any atom is 0.573 e. The topological polar surface area (TPSA) is 67.4 Å². The van der Waals surface area contributed by atoms with Gasteiger partial charge in [0.2, 0.25) is 0 Å². The van der Waals surface area contributed by atoms with Gasteiger partial charge in [-0.05, 0) is 45.0 Å². The monoisotopic (exact) mass is 454 g/mol. The third kappa shape index (κ3) is 5.75. The van der Waals surface area contributed by atoms with Crippen LogP contribution in [0.25, 0.3) is 11.0 Å². The van der Waals surface area contributed by atoms with Gasteiger partial charge in [-0.15, -0.1) is 25.6 Å². The molecule has 0 aliphatic carbocycles. The van der Waals surface area contributed by atoms with Crippen LogP contribution in [-0.2, 0) is 0 Å². The molecule has 1 aromatic carbocycles. The molecule has 0 fully saturated rings. The second kappa shape index (κ2) is 9.82. The Hall–Kier alpha value is -3.07. The number of ether oxygens (including phenoxy) is 1. The Morgan fingerprint density at radius 2 is 1.87 bits per heavy atom. The van der Waals surface area contributed by atoms with Gasteiger partial charge in [-0.3, -0.25) is 4.79 Å². The van der Waals surface area contributed by atoms with Crippen molar-refractivity contribution < 1.29 is 22.7 Å². The Kier molecular flexibility index (Phi) is 7.67. The minimum Gasteiger partial charge on any atom is -0.406 e. The van der Waals surface area contributed by atoms with E-state index < -0.39 is 6.36 Å². The van der Waals surface area contributed by atoms with E-state index in [0.29, 0.717) is 41.1 Å². The zero-order chi connectivity index (χ0) is 21.9. The molecule has 0 aliphatic heterocycles. The second-order valence-corrected chi connectivity index (χ2v) is 6.55. The normalized spacial score (nSPS) is 11.0. The highest BCUT2D eigenvalue weighted by Crippen LogP contribution is 2.32. The number of nitrogens with one attached hydrogen (secondary N) is 1. The molecule has 10 heteroatoms. The molecule has 0 bridgehead atoms. The average Bonchev–Trinajstić information content (AvgIpc) is 2.67. The fraction of sp³-hybridized carbons (Fsp3) is 0.286. The van der Waals surface area contributed by atoms with Gasteiger partial charge in [0.25, 0.3) is 5.91 Å². The van der Waals surface area contributed by atoms with Gasteiger partial charge in [0.1, 0.15) is 5.75 Å². The third-order valence-corrected chi connectivity index (χ3v) is 4.49. The molecule has 0 radical (unpaired) electrons. The van der Waals surface area contributed by atoms with Crippen LogP contribution < -0.4 is 10.1 Å². The number of carbonyl (C=O) groups excluding carboxylic acids is 1. The second-order valence-electron chi connectivity index (χ2n) is 6.55. The van der Waals surface area contributed by atoms with Crippen LogP contribution >= 0.6 is 12.4 Å². The predicted molar refractivity (Wildman–Crippen MR) is 115 cm³/mol. The highest BCUT2D eigenvalue weighted by atomic mass is 35.5. The van der Waals surface area contributed by atoms with Gasteiger partial charge in [0, 0.05) is 42.1 Å². The van der Waals surface area contributed by atoms with Crippen LogP contribution in [0.3, 0.4) is 0 Å². The maximum absolute atomic E-state index is 13.0. The van der Waals surface area contributed by atoms with Crippen LogP contribution in [0.15, 0.2) is 42.6 Å². The molecule has 1 amide bonds. The molecule has 0 unspecified atom stereocenters. The number of anilines is 2. The number of carbonyl (C=O) groups is 1. The van der Waals surface area contributed by atoms with E-state index in [1.54, 1.807) is 23.1 Å². The summed E-state index contributed by atoms with van der Waals surface area (Å²) in [5.74, 6) is -0.600. The number of benzene rings is 1. The van der Waals surface area contributed by atoms with Gasteiger partial charge in [0.05, 0.1) is 11.3 Å². The first kappa shape index (κ1) is 24.2. The van der Waals surface area contributed by atoms with E-state index in [1.807, 2.05) is 20.8 Å². The van der Waals surface area contributed by atoms with Crippen molar-refractivity contribution in [3.8, 4) is 5.75 Å². The van der Waals surface area contributed by atoms with Crippen molar-refractivity contribution in [3.05, 3.63) is 53.9 Å². The van der Waals surface area contributed by atoms with Crippen molar-refractivity contribution in [3.63, 3.8) is 0 Å². The number of aryl methyl sites for hydroxylation is 1. The number of nitrogens with zero attached hydrogens (tertiary/aromatic N) is 3. The molecule has 166 valence electrons. The lowest BCUT2D eigenvalue weighted by Gasteiger charge is -2.21. The number of pyridine rings is 2. The first-order valence-corrected chi connectivity index (χ1v) is 9.40. The van der Waals surface area contributed by atoms with Crippen molar-refractivity contribution in [1.29, 1.82) is 0 Å². The Labute approximate surface area is 183 Å². The molecule has 0 aliphatic rings. The van der Waals surface area contributed by atoms with Crippen molar-refractivity contribution >= 4 is 40.7 Å². The van der Waals surface area contributed by atoms with Crippen molar-refractivity contribution in [1.82, 2.24) is 14.9 Å². The molecule has 2 aromatic heterocycles. The summed E-state index contributed by atoms with van der Waals surface area (Å²) in [4.78, 5) is 23.4. The lowest BCUT2D eigenvalue weighted by molar-refractivity contribution is -0.274. The molecule has 3 aromatic rings. The number of halogens is 4. The Morgan fingerprint density at radius 1 is 1.16 bits per heavy atom. The van der Waals surface area contributed by atoms with Gasteiger partial charge in [-0.25, -0.2) is 9.97 Å². The molecule has 2 heterocycles. The average molecular weight is 455 g/mol. The van der Waals surface area contributed by atoms with Gasteiger partial charge in [-0.1, -0.05) is 6.07 Å². The number of fused-ring (bicyclic) bond motifs is 1. The Morgan fingerprint density at radius 3 is 2.52 bits per heavy atom. The quantitative estimate of drug-likeness (QED) is 0.534. The molecule has 0 saturated heterocycles. The fourth-order valence-electron chi connectivity index (χ4n) is 3.07. The first-order chi connectivity index (χ1) is 14.2. The molecule has 3 rings (SSSR count). The Balaban J connectivity index is 0.00000341. The van der Waals surface area contributed by atoms with Crippen molar-refractivity contribution in [2.24, 2.45) is 0 Å². The van der Waals surface area contributed by atoms with Crippen LogP contribution in [-0.4, -0.2) is 40.2 Å². The van der Waals surface area contributed by atoms with Crippen molar-refractivity contribution in [2.75, 3.05) is 18.4 Å². The Bertz CT molecular complexity index is 1070. The van der Waals surface area contributed by atoms with Crippen LogP contribution in [0, 0.1) is 6.92 Å². The highest BCUT2D eigenvalue weighted by Gasteiger charge is 2.31. The zero-order valence-corrected chi connectivity index (χ0v) is 18.0. The van der Waals surface area contributed by atoms with Gasteiger partial charge < -0.3 is 15.0 Å². The number of hydrogen-bond donors (Lipinski definition) is 1. The standard InChI is InChI=1S/C21H21F3N4O2.ClH/c1-4-28(5-2)20(29)17-12-25-19-16(10-9-13(3)26-19)18(17)27-14-7-6-8-15(11-14)30-21(22,23)24;/h6-12H,4-5H2,1-3H3,(H,25,26,27);1H. The summed E-state index contributed by atoms with van der Waals surface area (Å²) in [6.07, 6.45) is -3.36. The number of hydrogen-bond acceptors (Lipinski definition) is 5. The minimum atomic E-state index is -4.80. The van der Waals surface area contributed by atoms with E-state index in [2.05, 4.69) is 20.0 Å². The summed E-state index contributed by atoms with van der Waals surface area (Å²) in [5.41, 5.74) is 2.24. The number of rotatable bonds is 6. The largest absolute Gasteiger partial charge is 0.573 e. The summed E-state index contributed by atoms with van der Waals surface area (Å²) in [6, 6.07) is 9.00. The molecular formula is C21H22ClF3N4O2. The van der Waals surface area contributed by atoms with Gasteiger partial charge >= 0.3 is 6.36 Å². The smallest absolute Gasteiger partial charge is 0.406 e. The highest BCUT2D eigenvalue weighted by molar-refractivity contribution is 6.07.